The first kappa shape index (κ1) is 30.9. The van der Waals surface area contributed by atoms with Gasteiger partial charge in [-0.05, 0) is 73.6 Å². The van der Waals surface area contributed by atoms with Gasteiger partial charge in [0.1, 0.15) is 23.3 Å². The van der Waals surface area contributed by atoms with E-state index < -0.39 is 53.3 Å². The Kier molecular flexibility index (Phi) is 10.9. The Bertz CT molecular complexity index is 785. The molecule has 204 valence electrons. The molecule has 0 spiro atoms. The molecule has 3 amide bonds. The summed E-state index contributed by atoms with van der Waals surface area (Å²) in [5, 5.41) is 0. The molecule has 0 unspecified atom stereocenters. The van der Waals surface area contributed by atoms with Crippen LogP contribution in [0.1, 0.15) is 80.1 Å². The van der Waals surface area contributed by atoms with Gasteiger partial charge < -0.3 is 18.9 Å². The number of hydrogen-bond donors (Lipinski definition) is 0. The fourth-order valence-electron chi connectivity index (χ4n) is 3.67. The summed E-state index contributed by atoms with van der Waals surface area (Å²) in [5.41, 5.74) is -0.712. The van der Waals surface area contributed by atoms with Crippen LogP contribution >= 0.6 is 0 Å². The van der Waals surface area contributed by atoms with E-state index in [4.69, 9.17) is 14.2 Å². The quantitative estimate of drug-likeness (QED) is 0.399. The first-order chi connectivity index (χ1) is 16.5. The van der Waals surface area contributed by atoms with Crippen LogP contribution in [0.15, 0.2) is 12.3 Å². The number of allylic oxidation sites excluding steroid dienone is 1. The van der Waals surface area contributed by atoms with Crippen molar-refractivity contribution in [3.63, 3.8) is 0 Å². The zero-order chi connectivity index (χ0) is 27.8. The molecular weight excluding hydrogens is 472 g/mol. The minimum absolute atomic E-state index is 0.243. The highest BCUT2D eigenvalue weighted by molar-refractivity contribution is 5.97. The van der Waals surface area contributed by atoms with E-state index >= 15 is 0 Å². The number of likely N-dealkylation sites (tertiary alicyclic amines) is 2. The Morgan fingerprint density at radius 2 is 1.14 bits per heavy atom. The van der Waals surface area contributed by atoms with Crippen LogP contribution in [0.4, 0.5) is 9.59 Å². The number of rotatable bonds is 2. The number of imide groups is 1. The maximum Gasteiger partial charge on any atom is 0.417 e. The third kappa shape index (κ3) is 9.16. The van der Waals surface area contributed by atoms with E-state index in [0.717, 1.165) is 11.3 Å². The van der Waals surface area contributed by atoms with Gasteiger partial charge in [-0.2, -0.15) is 0 Å². The molecule has 0 aliphatic carbocycles. The summed E-state index contributed by atoms with van der Waals surface area (Å²) in [6, 6.07) is -1.49. The van der Waals surface area contributed by atoms with Gasteiger partial charge >= 0.3 is 24.1 Å². The molecule has 0 N–H and O–H groups in total. The van der Waals surface area contributed by atoms with Crippen molar-refractivity contribution in [3.8, 4) is 0 Å². The number of methoxy groups -OCH3 is 2. The van der Waals surface area contributed by atoms with Gasteiger partial charge in [-0.25, -0.2) is 24.1 Å². The topological polar surface area (TPSA) is 129 Å². The highest BCUT2D eigenvalue weighted by Crippen LogP contribution is 2.27. The summed E-state index contributed by atoms with van der Waals surface area (Å²) in [7, 11) is 2.54. The van der Waals surface area contributed by atoms with E-state index in [0.29, 0.717) is 31.4 Å². The predicted octanol–water partition coefficient (Wildman–Crippen LogP) is 3.94. The van der Waals surface area contributed by atoms with Crippen LogP contribution < -0.4 is 0 Å². The molecular formula is C25H40N2O9. The van der Waals surface area contributed by atoms with E-state index in [1.807, 2.05) is 0 Å². The van der Waals surface area contributed by atoms with Gasteiger partial charge in [0.05, 0.1) is 14.2 Å². The minimum Gasteiger partial charge on any atom is -0.467 e. The molecule has 2 heterocycles. The Morgan fingerprint density at radius 1 is 0.750 bits per heavy atom. The molecule has 2 atom stereocenters. The van der Waals surface area contributed by atoms with Crippen LogP contribution in [0.25, 0.3) is 0 Å². The summed E-state index contributed by atoms with van der Waals surface area (Å²) in [5.74, 6) is -1.42. The second kappa shape index (κ2) is 12.7. The van der Waals surface area contributed by atoms with Gasteiger partial charge in [0, 0.05) is 12.1 Å². The van der Waals surface area contributed by atoms with E-state index in [1.54, 1.807) is 41.5 Å². The van der Waals surface area contributed by atoms with Crippen LogP contribution in [0.2, 0.25) is 0 Å². The Hall–Kier alpha value is -3.11. The van der Waals surface area contributed by atoms with Gasteiger partial charge in [0.2, 0.25) is 5.91 Å². The SMILES string of the molecule is C=C1CCC[C@@H](C(=O)OC)N1C(=O)OC(C)(C)C.COC(=O)[C@@H]1CCCC(=O)N1C(=O)OC(C)(C)C. The number of amides is 3. The third-order valence-corrected chi connectivity index (χ3v) is 5.17. The van der Waals surface area contributed by atoms with E-state index in [-0.39, 0.29) is 6.42 Å². The monoisotopic (exact) mass is 512 g/mol. The normalized spacial score (nSPS) is 20.6. The lowest BCUT2D eigenvalue weighted by molar-refractivity contribution is -0.154. The molecule has 36 heavy (non-hydrogen) atoms. The van der Waals surface area contributed by atoms with Crippen LogP contribution in [0, 0.1) is 0 Å². The molecule has 2 aliphatic rings. The Balaban J connectivity index is 0.000000360. The first-order valence-electron chi connectivity index (χ1n) is 11.9. The molecule has 0 aromatic heterocycles. The van der Waals surface area contributed by atoms with Crippen molar-refractivity contribution in [1.29, 1.82) is 0 Å². The largest absolute Gasteiger partial charge is 0.467 e. The van der Waals surface area contributed by atoms with Crippen molar-refractivity contribution in [3.05, 3.63) is 12.3 Å². The van der Waals surface area contributed by atoms with Gasteiger partial charge in [-0.1, -0.05) is 6.58 Å². The van der Waals surface area contributed by atoms with Crippen LogP contribution in [-0.4, -0.2) is 77.3 Å². The lowest BCUT2D eigenvalue weighted by atomic mass is 10.0. The first-order valence-corrected chi connectivity index (χ1v) is 11.9. The summed E-state index contributed by atoms with van der Waals surface area (Å²) in [6.07, 6.45) is 1.97. The van der Waals surface area contributed by atoms with Gasteiger partial charge in [0.15, 0.2) is 0 Å². The number of carbonyl (C=O) groups is 5. The average Bonchev–Trinajstić information content (AvgIpc) is 2.75. The highest BCUT2D eigenvalue weighted by atomic mass is 16.6. The summed E-state index contributed by atoms with van der Waals surface area (Å²) in [6.45, 7) is 14.3. The number of ether oxygens (including phenoxy) is 4. The second-order valence-corrected chi connectivity index (χ2v) is 10.5. The molecule has 0 saturated carbocycles. The van der Waals surface area contributed by atoms with E-state index in [1.165, 1.54) is 19.1 Å². The average molecular weight is 513 g/mol. The zero-order valence-corrected chi connectivity index (χ0v) is 22.7. The zero-order valence-electron chi connectivity index (χ0n) is 22.7. The van der Waals surface area contributed by atoms with E-state index in [9.17, 15) is 24.0 Å². The fourth-order valence-corrected chi connectivity index (χ4v) is 3.67. The molecule has 2 saturated heterocycles. The Labute approximate surface area is 213 Å². The standard InChI is InChI=1S/C13H21NO4.C12H19NO5/c1-9-7-6-8-10(11(15)17-5)14(9)12(16)18-13(2,3)4;1-12(2,3)18-11(16)13-8(10(15)17-4)6-5-7-9(13)14/h10H,1,6-8H2,2-5H3;8H,5-7H2,1-4H3/t10-;8-/m00/s1. The second-order valence-electron chi connectivity index (χ2n) is 10.5. The number of esters is 2. The minimum atomic E-state index is -0.869. The summed E-state index contributed by atoms with van der Waals surface area (Å²) >= 11 is 0. The van der Waals surface area contributed by atoms with Crippen LogP contribution in [0.3, 0.4) is 0 Å². The summed E-state index contributed by atoms with van der Waals surface area (Å²) in [4.78, 5) is 61.2. The molecule has 0 radical (unpaired) electrons. The van der Waals surface area contributed by atoms with E-state index in [2.05, 4.69) is 11.3 Å². The van der Waals surface area contributed by atoms with Crippen molar-refractivity contribution in [2.45, 2.75) is 103 Å². The maximum absolute atomic E-state index is 12.1. The molecule has 11 nitrogen and oxygen atoms in total. The van der Waals surface area contributed by atoms with Crippen LogP contribution in [0.5, 0.6) is 0 Å². The number of carbonyl (C=O) groups excluding carboxylic acids is 5. The number of nitrogens with zero attached hydrogens (tertiary/aromatic N) is 2. The summed E-state index contributed by atoms with van der Waals surface area (Å²) < 4.78 is 19.7. The van der Waals surface area contributed by atoms with Crippen molar-refractivity contribution >= 4 is 30.0 Å². The molecule has 2 aliphatic heterocycles. The molecule has 2 fully saturated rings. The Morgan fingerprint density at radius 3 is 1.56 bits per heavy atom. The van der Waals surface area contributed by atoms with Gasteiger partial charge in [0.25, 0.3) is 0 Å². The number of hydrogen-bond acceptors (Lipinski definition) is 9. The molecule has 11 heteroatoms. The molecule has 0 aromatic rings. The smallest absolute Gasteiger partial charge is 0.417 e. The van der Waals surface area contributed by atoms with Crippen molar-refractivity contribution in [2.24, 2.45) is 0 Å². The molecule has 0 aromatic carbocycles. The third-order valence-electron chi connectivity index (χ3n) is 5.17. The molecule has 0 bridgehead atoms. The van der Waals surface area contributed by atoms with Crippen molar-refractivity contribution in [1.82, 2.24) is 9.80 Å². The van der Waals surface area contributed by atoms with Crippen molar-refractivity contribution < 1.29 is 42.9 Å². The maximum atomic E-state index is 12.1. The lowest BCUT2D eigenvalue weighted by Gasteiger charge is -2.36. The predicted molar refractivity (Wildman–Crippen MR) is 130 cm³/mol. The van der Waals surface area contributed by atoms with Crippen molar-refractivity contribution in [2.75, 3.05) is 14.2 Å². The lowest BCUT2D eigenvalue weighted by Crippen LogP contribution is -2.52. The van der Waals surface area contributed by atoms with Gasteiger partial charge in [-0.15, -0.1) is 0 Å². The van der Waals surface area contributed by atoms with Crippen LogP contribution in [-0.2, 0) is 33.3 Å². The van der Waals surface area contributed by atoms with Gasteiger partial charge in [-0.3, -0.25) is 9.69 Å². The molecule has 2 rings (SSSR count). The highest BCUT2D eigenvalue weighted by Gasteiger charge is 2.40. The number of piperidine rings is 2. The fraction of sp³-hybridized carbons (Fsp3) is 0.720.